The number of hydrogen-bond donors (Lipinski definition) is 0. The van der Waals surface area contributed by atoms with Gasteiger partial charge in [-0.2, -0.15) is 12.1 Å². The Morgan fingerprint density at radius 3 is 0.722 bits per heavy atom. The van der Waals surface area contributed by atoms with Crippen molar-refractivity contribution in [2.75, 3.05) is 0 Å². The molecule has 0 unspecified atom stereocenters. The van der Waals surface area contributed by atoms with Crippen LogP contribution >= 0.6 is 0 Å². The van der Waals surface area contributed by atoms with Crippen LogP contribution in [0.2, 0.25) is 0 Å². The van der Waals surface area contributed by atoms with Gasteiger partial charge in [-0.05, 0) is 157 Å². The Morgan fingerprint density at radius 2 is 0.478 bits per heavy atom. The Kier molecular flexibility index (Phi) is 16.7. The monoisotopic (exact) mass is 1250 g/mol. The molecule has 0 amide bonds. The molecule has 16 aromatic rings. The van der Waals surface area contributed by atoms with Crippen molar-refractivity contribution in [3.05, 3.63) is 293 Å². The van der Waals surface area contributed by atoms with Crippen LogP contribution in [0.5, 0.6) is 0 Å². The third-order valence-electron chi connectivity index (χ3n) is 20.1. The molecule has 0 saturated heterocycles. The van der Waals surface area contributed by atoms with Gasteiger partial charge in [0.2, 0.25) is 0 Å². The summed E-state index contributed by atoms with van der Waals surface area (Å²) in [4.78, 5) is 0. The molecule has 0 bridgehead atoms. The van der Waals surface area contributed by atoms with Crippen molar-refractivity contribution in [3.63, 3.8) is 0 Å². The molecule has 16 aromatic carbocycles. The summed E-state index contributed by atoms with van der Waals surface area (Å²) in [5, 5.41) is 26.5. The topological polar surface area (TPSA) is 0 Å². The van der Waals surface area contributed by atoms with Crippen LogP contribution < -0.4 is 0 Å². The zero-order chi connectivity index (χ0) is 58.7. The number of hydrogen-bond acceptors (Lipinski definition) is 0. The molecule has 0 spiro atoms. The van der Waals surface area contributed by atoms with Crippen LogP contribution in [-0.2, 0) is 36.2 Å². The van der Waals surface area contributed by atoms with Crippen LogP contribution in [0, 0.1) is 26.7 Å². The van der Waals surface area contributed by atoms with E-state index >= 15 is 0 Å². The van der Waals surface area contributed by atoms with Gasteiger partial charge in [-0.3, -0.25) is 0 Å². The maximum atomic E-state index is 3.06. The minimum absolute atomic E-state index is 0. The molecule has 18 rings (SSSR count). The van der Waals surface area contributed by atoms with E-state index in [-0.39, 0.29) is 14.9 Å². The van der Waals surface area contributed by atoms with Gasteiger partial charge in [-0.25, -0.2) is 0 Å². The zero-order valence-electron chi connectivity index (χ0n) is 51.6. The van der Waals surface area contributed by atoms with Gasteiger partial charge in [0.05, 0.1) is 0 Å². The molecule has 90 heavy (non-hydrogen) atoms. The quantitative estimate of drug-likeness (QED) is 0.0808. The van der Waals surface area contributed by atoms with Gasteiger partial charge in [0.1, 0.15) is 0 Å². The third kappa shape index (κ3) is 10.5. The Morgan fingerprint density at radius 1 is 0.267 bits per heavy atom. The summed E-state index contributed by atoms with van der Waals surface area (Å²) >= 11 is 1.36. The molecule has 0 nitrogen and oxygen atoms in total. The van der Waals surface area contributed by atoms with E-state index in [1.54, 1.807) is 0 Å². The van der Waals surface area contributed by atoms with Gasteiger partial charge < -0.3 is 14.9 Å². The van der Waals surface area contributed by atoms with Crippen molar-refractivity contribution in [2.45, 2.75) is 64.2 Å². The summed E-state index contributed by atoms with van der Waals surface area (Å²) in [6.45, 7) is 3.06. The van der Waals surface area contributed by atoms with Crippen molar-refractivity contribution >= 4 is 115 Å². The van der Waals surface area contributed by atoms with Gasteiger partial charge >= 0.3 is 30.2 Å². The first kappa shape index (κ1) is 59.1. The van der Waals surface area contributed by atoms with E-state index in [2.05, 4.69) is 274 Å². The van der Waals surface area contributed by atoms with Crippen LogP contribution in [0.25, 0.3) is 152 Å². The SMILES string of the molecule is [CH3-].[CH3-].[Si]=[Zr].c1ccc2c(-c3ccc(-c4c5ccccc5cc5ccccc45)c4[cH-]c(CC5CCCC5)cc34)c3ccccc3cc2c1.c1ccc2c(-c3ccc(-c4c5ccccc5cc5ccccc45)c4[cH-]c(CC5CCCC5)cc34)c3ccccc3cc2c1. The standard InChI is InChI=1S/2C43H33.2CH3.Si.Zr/c2*1-2-12-28(11-1)23-29-24-40-38(42-34-17-7-3-13-30(34)26-31-14-4-8-18-35(31)42)21-22-39(41(40)25-29)43-36-19-9-5-15-32(36)27-33-16-6-10-20-37(33)43;;;;/h2*3-10,13-22,24-28H,1-2,11-12,23H2;2*1H3;;/q4*-1;;. The Hall–Kier alpha value is -8.52. The van der Waals surface area contributed by atoms with Crippen molar-refractivity contribution in [2.24, 2.45) is 11.8 Å². The molecule has 0 atom stereocenters. The first-order valence-corrected chi connectivity index (χ1v) is 36.2. The molecule has 2 aliphatic rings. The summed E-state index contributed by atoms with van der Waals surface area (Å²) in [5.74, 6) is 1.61. The van der Waals surface area contributed by atoms with Crippen LogP contribution in [0.15, 0.2) is 267 Å². The molecule has 2 saturated carbocycles. The van der Waals surface area contributed by atoms with Crippen LogP contribution in [0.4, 0.5) is 0 Å². The van der Waals surface area contributed by atoms with Crippen LogP contribution in [-0.4, -0.2) is 6.88 Å². The predicted molar refractivity (Wildman–Crippen MR) is 391 cm³/mol. The maximum Gasteiger partial charge on any atom is -0.0107 e. The Bertz CT molecular complexity index is 4490. The van der Waals surface area contributed by atoms with Gasteiger partial charge in [0.25, 0.3) is 0 Å². The summed E-state index contributed by atoms with van der Waals surface area (Å²) in [6.07, 6.45) is 13.3. The first-order chi connectivity index (χ1) is 43.6. The zero-order valence-corrected chi connectivity index (χ0v) is 55.1. The normalized spacial score (nSPS) is 13.5. The van der Waals surface area contributed by atoms with Crippen molar-refractivity contribution < 1.29 is 23.3 Å². The summed E-state index contributed by atoms with van der Waals surface area (Å²) < 4.78 is 0. The molecule has 2 aliphatic carbocycles. The first-order valence-electron chi connectivity index (χ1n) is 32.0. The smallest absolute Gasteiger partial charge is 0.0107 e. The van der Waals surface area contributed by atoms with Crippen LogP contribution in [0.1, 0.15) is 62.5 Å². The molecular weight excluding hydrogens is 1180 g/mol. The number of rotatable bonds is 8. The van der Waals surface area contributed by atoms with Crippen molar-refractivity contribution in [3.8, 4) is 44.5 Å². The van der Waals surface area contributed by atoms with Crippen molar-refractivity contribution in [1.82, 2.24) is 0 Å². The molecule has 2 radical (unpaired) electrons. The molecular formula is C88H72SiZr-4. The molecule has 2 fully saturated rings. The van der Waals surface area contributed by atoms with E-state index < -0.39 is 0 Å². The largest absolute Gasteiger partial charge is 0.164 e. The second kappa shape index (κ2) is 25.4. The molecule has 2 heteroatoms. The van der Waals surface area contributed by atoms with Crippen molar-refractivity contribution in [1.29, 1.82) is 0 Å². The summed E-state index contributed by atoms with van der Waals surface area (Å²) in [6, 6.07) is 100. The molecule has 0 heterocycles. The van der Waals surface area contributed by atoms with Gasteiger partial charge in [-0.15, -0.1) is 44.8 Å². The van der Waals surface area contributed by atoms with E-state index in [0.717, 1.165) is 11.8 Å². The Balaban J connectivity index is 0.000000150. The fraction of sp³-hybridized carbons (Fsp3) is 0.136. The van der Waals surface area contributed by atoms with Gasteiger partial charge in [0, 0.05) is 0 Å². The number of benzene rings is 14. The molecule has 0 aromatic heterocycles. The minimum Gasteiger partial charge on any atom is -0.164 e. The van der Waals surface area contributed by atoms with E-state index in [9.17, 15) is 0 Å². The van der Waals surface area contributed by atoms with Gasteiger partial charge in [-0.1, -0.05) is 292 Å². The average molecular weight is 1250 g/mol. The second-order valence-corrected chi connectivity index (χ2v) is 25.2. The predicted octanol–water partition coefficient (Wildman–Crippen LogP) is 25.0. The summed E-state index contributed by atoms with van der Waals surface area (Å²) in [5.41, 5.74) is 13.8. The van der Waals surface area contributed by atoms with Gasteiger partial charge in [0.15, 0.2) is 0 Å². The fourth-order valence-corrected chi connectivity index (χ4v) is 16.1. The third-order valence-corrected chi connectivity index (χ3v) is 20.1. The minimum atomic E-state index is 0. The fourth-order valence-electron chi connectivity index (χ4n) is 16.1. The van der Waals surface area contributed by atoms with E-state index in [1.165, 1.54) is 251 Å². The molecule has 0 N–H and O–H groups in total. The van der Waals surface area contributed by atoms with Crippen LogP contribution in [0.3, 0.4) is 0 Å². The average Bonchev–Trinajstić information content (AvgIpc) is 1.36. The maximum absolute atomic E-state index is 3.06. The second-order valence-electron chi connectivity index (χ2n) is 25.2. The Labute approximate surface area is 547 Å². The summed E-state index contributed by atoms with van der Waals surface area (Å²) in [7, 11) is 0. The molecule has 436 valence electrons. The van der Waals surface area contributed by atoms with E-state index in [4.69, 9.17) is 0 Å². The molecule has 0 aliphatic heterocycles. The number of fused-ring (bicyclic) bond motifs is 10. The van der Waals surface area contributed by atoms with E-state index in [0.29, 0.717) is 0 Å². The van der Waals surface area contributed by atoms with E-state index in [1.807, 2.05) is 0 Å².